The van der Waals surface area contributed by atoms with Gasteiger partial charge in [0.15, 0.2) is 12.7 Å². The fourth-order valence-corrected chi connectivity index (χ4v) is 2.67. The smallest absolute Gasteiger partial charge is 0.344 e. The van der Waals surface area contributed by atoms with Gasteiger partial charge in [-0.05, 0) is 42.0 Å². The maximum absolute atomic E-state index is 12.3. The van der Waals surface area contributed by atoms with Crippen molar-refractivity contribution in [3.8, 4) is 11.5 Å². The zero-order valence-electron chi connectivity index (χ0n) is 15.7. The van der Waals surface area contributed by atoms with Crippen LogP contribution < -0.4 is 14.8 Å². The van der Waals surface area contributed by atoms with Crippen LogP contribution in [0.5, 0.6) is 11.5 Å². The third kappa shape index (κ3) is 4.79. The molecule has 0 saturated heterocycles. The van der Waals surface area contributed by atoms with Gasteiger partial charge in [0.2, 0.25) is 0 Å². The molecule has 0 aliphatic heterocycles. The first-order valence-electron chi connectivity index (χ1n) is 8.82. The number of anilines is 1. The quantitative estimate of drug-likeness (QED) is 0.632. The Bertz CT molecular complexity index is 985. The summed E-state index contributed by atoms with van der Waals surface area (Å²) < 4.78 is 15.8. The van der Waals surface area contributed by atoms with Crippen molar-refractivity contribution in [3.05, 3.63) is 66.7 Å². The molecule has 0 aromatic heterocycles. The molecule has 0 aliphatic rings. The fourth-order valence-electron chi connectivity index (χ4n) is 2.67. The normalized spacial score (nSPS) is 11.5. The van der Waals surface area contributed by atoms with E-state index in [1.165, 1.54) is 14.0 Å². The monoisotopic (exact) mass is 379 g/mol. The number of carbonyl (C=O) groups excluding carboxylic acids is 2. The van der Waals surface area contributed by atoms with Gasteiger partial charge in [-0.25, -0.2) is 4.79 Å². The average molecular weight is 379 g/mol. The number of methoxy groups -OCH3 is 1. The van der Waals surface area contributed by atoms with Crippen LogP contribution in [0.3, 0.4) is 0 Å². The minimum absolute atomic E-state index is 0.287. The molecule has 0 bridgehead atoms. The molecule has 3 rings (SSSR count). The van der Waals surface area contributed by atoms with Crippen LogP contribution in [-0.2, 0) is 14.3 Å². The van der Waals surface area contributed by atoms with E-state index in [0.29, 0.717) is 17.2 Å². The molecule has 0 spiro atoms. The molecule has 0 unspecified atom stereocenters. The predicted octanol–water partition coefficient (Wildman–Crippen LogP) is 3.80. The van der Waals surface area contributed by atoms with Gasteiger partial charge in [0.1, 0.15) is 11.5 Å². The predicted molar refractivity (Wildman–Crippen MR) is 107 cm³/mol. The Kier molecular flexibility index (Phi) is 6.11. The maximum atomic E-state index is 12.3. The molecule has 1 N–H and O–H groups in total. The number of esters is 1. The number of nitrogens with one attached hydrogen (secondary N) is 1. The minimum atomic E-state index is -0.974. The summed E-state index contributed by atoms with van der Waals surface area (Å²) in [5, 5.41) is 4.77. The van der Waals surface area contributed by atoms with Crippen LogP contribution in [0.2, 0.25) is 0 Å². The molecule has 0 aliphatic carbocycles. The topological polar surface area (TPSA) is 73.9 Å². The summed E-state index contributed by atoms with van der Waals surface area (Å²) in [6, 6.07) is 20.4. The van der Waals surface area contributed by atoms with E-state index in [1.54, 1.807) is 30.3 Å². The summed E-state index contributed by atoms with van der Waals surface area (Å²) in [7, 11) is 1.51. The molecular formula is C22H21NO5. The van der Waals surface area contributed by atoms with Crippen LogP contribution >= 0.6 is 0 Å². The van der Waals surface area contributed by atoms with Gasteiger partial charge < -0.3 is 19.5 Å². The van der Waals surface area contributed by atoms with Crippen molar-refractivity contribution < 1.29 is 23.8 Å². The Morgan fingerprint density at radius 3 is 2.46 bits per heavy atom. The first kappa shape index (κ1) is 19.2. The highest BCUT2D eigenvalue weighted by atomic mass is 16.6. The van der Waals surface area contributed by atoms with Crippen molar-refractivity contribution in [2.24, 2.45) is 0 Å². The Morgan fingerprint density at radius 2 is 1.68 bits per heavy atom. The number of fused-ring (bicyclic) bond motifs is 1. The maximum Gasteiger partial charge on any atom is 0.344 e. The van der Waals surface area contributed by atoms with Crippen molar-refractivity contribution in [2.75, 3.05) is 19.0 Å². The molecule has 0 saturated carbocycles. The number of benzene rings is 3. The Labute approximate surface area is 163 Å². The van der Waals surface area contributed by atoms with Crippen molar-refractivity contribution >= 4 is 28.3 Å². The van der Waals surface area contributed by atoms with E-state index in [0.717, 1.165) is 10.8 Å². The van der Waals surface area contributed by atoms with Crippen LogP contribution in [0, 0.1) is 0 Å². The summed E-state index contributed by atoms with van der Waals surface area (Å²) in [6.07, 6.45) is -0.974. The van der Waals surface area contributed by atoms with Crippen LogP contribution in [0.15, 0.2) is 66.7 Å². The van der Waals surface area contributed by atoms with Crippen molar-refractivity contribution in [3.63, 3.8) is 0 Å². The summed E-state index contributed by atoms with van der Waals surface area (Å²) in [5.41, 5.74) is 0.505. The lowest BCUT2D eigenvalue weighted by Gasteiger charge is -2.15. The number of ether oxygens (including phenoxy) is 3. The molecule has 0 fully saturated rings. The second-order valence-electron chi connectivity index (χ2n) is 6.12. The highest BCUT2D eigenvalue weighted by Crippen LogP contribution is 2.23. The second kappa shape index (κ2) is 8.90. The summed E-state index contributed by atoms with van der Waals surface area (Å²) in [5.74, 6) is -0.00446. The van der Waals surface area contributed by atoms with Crippen LogP contribution in [0.4, 0.5) is 5.69 Å². The first-order chi connectivity index (χ1) is 13.6. The largest absolute Gasteiger partial charge is 0.495 e. The van der Waals surface area contributed by atoms with Crippen LogP contribution in [-0.4, -0.2) is 31.7 Å². The summed E-state index contributed by atoms with van der Waals surface area (Å²) in [6.45, 7) is 1.21. The van der Waals surface area contributed by atoms with E-state index in [9.17, 15) is 9.59 Å². The van der Waals surface area contributed by atoms with Gasteiger partial charge in [-0.15, -0.1) is 0 Å². The Morgan fingerprint density at radius 1 is 0.964 bits per heavy atom. The Hall–Kier alpha value is -3.54. The second-order valence-corrected chi connectivity index (χ2v) is 6.12. The number of hydrogen-bond donors (Lipinski definition) is 1. The number of rotatable bonds is 7. The Balaban J connectivity index is 1.52. The lowest BCUT2D eigenvalue weighted by molar-refractivity contribution is -0.155. The number of carbonyl (C=O) groups is 2. The fraction of sp³-hybridized carbons (Fsp3) is 0.182. The SMILES string of the molecule is COc1ccccc1NC(=O)[C@@H](C)OC(=O)COc1ccc2ccccc2c1. The van der Waals surface area contributed by atoms with Gasteiger partial charge in [-0.2, -0.15) is 0 Å². The third-order valence-corrected chi connectivity index (χ3v) is 4.12. The molecule has 28 heavy (non-hydrogen) atoms. The van der Waals surface area contributed by atoms with E-state index >= 15 is 0 Å². The molecule has 144 valence electrons. The number of para-hydroxylation sites is 2. The number of amides is 1. The van der Waals surface area contributed by atoms with Crippen molar-refractivity contribution in [2.45, 2.75) is 13.0 Å². The molecule has 0 heterocycles. The van der Waals surface area contributed by atoms with E-state index in [4.69, 9.17) is 14.2 Å². The first-order valence-corrected chi connectivity index (χ1v) is 8.82. The molecule has 3 aromatic rings. The molecule has 1 atom stereocenters. The third-order valence-electron chi connectivity index (χ3n) is 4.12. The molecule has 6 heteroatoms. The van der Waals surface area contributed by atoms with E-state index in [2.05, 4.69) is 5.32 Å². The summed E-state index contributed by atoms with van der Waals surface area (Å²) in [4.78, 5) is 24.3. The molecule has 6 nitrogen and oxygen atoms in total. The highest BCUT2D eigenvalue weighted by molar-refractivity contribution is 5.96. The van der Waals surface area contributed by atoms with Crippen molar-refractivity contribution in [1.29, 1.82) is 0 Å². The standard InChI is InChI=1S/C22H21NO5/c1-15(22(25)23-19-9-5-6-10-20(19)26-2)28-21(24)14-27-18-12-11-16-7-3-4-8-17(16)13-18/h3-13,15H,14H2,1-2H3,(H,23,25)/t15-/m1/s1. The van der Waals surface area contributed by atoms with Crippen molar-refractivity contribution in [1.82, 2.24) is 0 Å². The van der Waals surface area contributed by atoms with E-state index in [1.807, 2.05) is 36.4 Å². The lowest BCUT2D eigenvalue weighted by Crippen LogP contribution is -2.31. The van der Waals surface area contributed by atoms with Gasteiger partial charge in [-0.1, -0.05) is 42.5 Å². The van der Waals surface area contributed by atoms with E-state index < -0.39 is 18.0 Å². The molecule has 1 amide bonds. The molecule has 0 radical (unpaired) electrons. The number of hydrogen-bond acceptors (Lipinski definition) is 5. The van der Waals surface area contributed by atoms with Gasteiger partial charge in [0.05, 0.1) is 12.8 Å². The zero-order valence-corrected chi connectivity index (χ0v) is 15.7. The van der Waals surface area contributed by atoms with Gasteiger partial charge >= 0.3 is 5.97 Å². The summed E-state index contributed by atoms with van der Waals surface area (Å²) >= 11 is 0. The molecule has 3 aromatic carbocycles. The van der Waals surface area contributed by atoms with Crippen LogP contribution in [0.25, 0.3) is 10.8 Å². The molecular weight excluding hydrogens is 358 g/mol. The van der Waals surface area contributed by atoms with Gasteiger partial charge in [0.25, 0.3) is 5.91 Å². The van der Waals surface area contributed by atoms with E-state index in [-0.39, 0.29) is 6.61 Å². The van der Waals surface area contributed by atoms with Gasteiger partial charge in [-0.3, -0.25) is 4.79 Å². The minimum Gasteiger partial charge on any atom is -0.495 e. The van der Waals surface area contributed by atoms with Crippen LogP contribution in [0.1, 0.15) is 6.92 Å². The highest BCUT2D eigenvalue weighted by Gasteiger charge is 2.19. The van der Waals surface area contributed by atoms with Gasteiger partial charge in [0, 0.05) is 0 Å². The zero-order chi connectivity index (χ0) is 19.9. The lowest BCUT2D eigenvalue weighted by atomic mass is 10.1. The average Bonchev–Trinajstić information content (AvgIpc) is 2.72.